The number of unbranched alkanes of at least 4 members (excludes halogenated alkanes) is 5. The molecule has 0 aliphatic carbocycles. The first-order valence-corrected chi connectivity index (χ1v) is 7.23. The predicted molar refractivity (Wildman–Crippen MR) is 78.9 cm³/mol. The van der Waals surface area contributed by atoms with Gasteiger partial charge in [0.2, 0.25) is 0 Å². The normalized spacial score (nSPS) is 10.8. The summed E-state index contributed by atoms with van der Waals surface area (Å²) in [6, 6.07) is 5.55. The summed E-state index contributed by atoms with van der Waals surface area (Å²) in [7, 11) is 0. The molecular weight excluding hydrogens is 246 g/mol. The molecule has 2 N–H and O–H groups in total. The maximum absolute atomic E-state index is 6.07. The van der Waals surface area contributed by atoms with E-state index in [-0.39, 0.29) is 0 Å². The molecule has 2 nitrogen and oxygen atoms in total. The Kier molecular flexibility index (Phi) is 7.86. The van der Waals surface area contributed by atoms with Gasteiger partial charge in [-0.3, -0.25) is 0 Å². The lowest BCUT2D eigenvalue weighted by atomic mass is 10.1. The zero-order valence-electron chi connectivity index (χ0n) is 11.3. The van der Waals surface area contributed by atoms with Crippen LogP contribution in [0.25, 0.3) is 0 Å². The lowest BCUT2D eigenvalue weighted by Crippen LogP contribution is -1.97. The van der Waals surface area contributed by atoms with Gasteiger partial charge in [0, 0.05) is 17.3 Å². The summed E-state index contributed by atoms with van der Waals surface area (Å²) < 4.78 is 5.62. The lowest BCUT2D eigenvalue weighted by molar-refractivity contribution is 0.117. The van der Waals surface area contributed by atoms with Crippen LogP contribution in [0.3, 0.4) is 0 Å². The molecule has 0 radical (unpaired) electrons. The van der Waals surface area contributed by atoms with Gasteiger partial charge in [-0.25, -0.2) is 0 Å². The van der Waals surface area contributed by atoms with Crippen LogP contribution in [0.4, 0.5) is 5.69 Å². The zero-order chi connectivity index (χ0) is 13.2. The smallest absolute Gasteiger partial charge is 0.0731 e. The van der Waals surface area contributed by atoms with E-state index < -0.39 is 0 Å². The molecule has 0 saturated carbocycles. The zero-order valence-corrected chi connectivity index (χ0v) is 12.0. The van der Waals surface area contributed by atoms with E-state index in [1.54, 1.807) is 6.07 Å². The minimum Gasteiger partial charge on any atom is -0.399 e. The first-order valence-electron chi connectivity index (χ1n) is 6.85. The van der Waals surface area contributed by atoms with Crippen molar-refractivity contribution >= 4 is 17.3 Å². The first kappa shape index (κ1) is 15.3. The summed E-state index contributed by atoms with van der Waals surface area (Å²) in [5.41, 5.74) is 7.34. The molecule has 0 unspecified atom stereocenters. The van der Waals surface area contributed by atoms with Crippen molar-refractivity contribution in [3.05, 3.63) is 28.8 Å². The van der Waals surface area contributed by atoms with Crippen LogP contribution in [-0.4, -0.2) is 6.61 Å². The largest absolute Gasteiger partial charge is 0.399 e. The molecule has 0 fully saturated rings. The van der Waals surface area contributed by atoms with E-state index in [1.807, 2.05) is 12.1 Å². The van der Waals surface area contributed by atoms with Crippen LogP contribution >= 0.6 is 11.6 Å². The molecule has 1 rings (SSSR count). The maximum Gasteiger partial charge on any atom is 0.0731 e. The van der Waals surface area contributed by atoms with Crippen LogP contribution in [0.5, 0.6) is 0 Å². The van der Waals surface area contributed by atoms with E-state index in [4.69, 9.17) is 22.1 Å². The van der Waals surface area contributed by atoms with Crippen LogP contribution in [0, 0.1) is 0 Å². The lowest BCUT2D eigenvalue weighted by Gasteiger charge is -2.07. The molecule has 0 aromatic heterocycles. The number of rotatable bonds is 9. The Labute approximate surface area is 115 Å². The summed E-state index contributed by atoms with van der Waals surface area (Å²) in [6.45, 7) is 3.63. The van der Waals surface area contributed by atoms with Crippen molar-refractivity contribution in [3.63, 3.8) is 0 Å². The molecule has 0 bridgehead atoms. The molecule has 0 saturated heterocycles. The molecule has 0 aliphatic heterocycles. The molecule has 18 heavy (non-hydrogen) atoms. The summed E-state index contributed by atoms with van der Waals surface area (Å²) in [5, 5.41) is 0.693. The number of halogens is 1. The molecule has 0 atom stereocenters. The fraction of sp³-hybridized carbons (Fsp3) is 0.600. The fourth-order valence-electron chi connectivity index (χ4n) is 1.85. The van der Waals surface area contributed by atoms with E-state index in [0.29, 0.717) is 17.3 Å². The minimum absolute atomic E-state index is 0.577. The molecule has 102 valence electrons. The van der Waals surface area contributed by atoms with Crippen molar-refractivity contribution in [3.8, 4) is 0 Å². The van der Waals surface area contributed by atoms with Crippen LogP contribution in [0.1, 0.15) is 51.0 Å². The topological polar surface area (TPSA) is 35.2 Å². The Morgan fingerprint density at radius 2 is 1.83 bits per heavy atom. The summed E-state index contributed by atoms with van der Waals surface area (Å²) in [6.07, 6.45) is 7.71. The molecular formula is C15H24ClNO. The Bertz CT molecular complexity index is 341. The minimum atomic E-state index is 0.577. The van der Waals surface area contributed by atoms with Crippen LogP contribution in [-0.2, 0) is 11.3 Å². The van der Waals surface area contributed by atoms with Crippen LogP contribution < -0.4 is 5.73 Å². The van der Waals surface area contributed by atoms with Gasteiger partial charge in [-0.15, -0.1) is 0 Å². The van der Waals surface area contributed by atoms with Gasteiger partial charge >= 0.3 is 0 Å². The van der Waals surface area contributed by atoms with Gasteiger partial charge in [0.1, 0.15) is 0 Å². The molecule has 0 heterocycles. The highest BCUT2D eigenvalue weighted by molar-refractivity contribution is 6.31. The molecule has 1 aromatic carbocycles. The molecule has 0 aliphatic rings. The Morgan fingerprint density at radius 1 is 1.11 bits per heavy atom. The molecule has 1 aromatic rings. The molecule has 3 heteroatoms. The second-order valence-electron chi connectivity index (χ2n) is 4.67. The SMILES string of the molecule is CCCCCCCCOCc1ccc(N)cc1Cl. The predicted octanol–water partition coefficient (Wildman–Crippen LogP) is 4.80. The van der Waals surface area contributed by atoms with Crippen molar-refractivity contribution in [2.75, 3.05) is 12.3 Å². The van der Waals surface area contributed by atoms with Gasteiger partial charge in [0.05, 0.1) is 6.61 Å². The highest BCUT2D eigenvalue weighted by Crippen LogP contribution is 2.19. The summed E-state index contributed by atoms with van der Waals surface area (Å²) >= 11 is 6.07. The number of benzene rings is 1. The van der Waals surface area contributed by atoms with E-state index in [9.17, 15) is 0 Å². The average Bonchev–Trinajstić information content (AvgIpc) is 2.35. The maximum atomic E-state index is 6.07. The van der Waals surface area contributed by atoms with Crippen molar-refractivity contribution < 1.29 is 4.74 Å². The van der Waals surface area contributed by atoms with E-state index >= 15 is 0 Å². The van der Waals surface area contributed by atoms with Gasteiger partial charge in [-0.1, -0.05) is 56.7 Å². The van der Waals surface area contributed by atoms with Gasteiger partial charge in [0.15, 0.2) is 0 Å². The van der Waals surface area contributed by atoms with E-state index in [0.717, 1.165) is 18.6 Å². The van der Waals surface area contributed by atoms with Crippen molar-refractivity contribution in [1.82, 2.24) is 0 Å². The fourth-order valence-corrected chi connectivity index (χ4v) is 2.09. The third kappa shape index (κ3) is 6.27. The summed E-state index contributed by atoms with van der Waals surface area (Å²) in [5.74, 6) is 0. The Hall–Kier alpha value is -0.730. The number of anilines is 1. The monoisotopic (exact) mass is 269 g/mol. The molecule has 0 amide bonds. The van der Waals surface area contributed by atoms with Crippen LogP contribution in [0.2, 0.25) is 5.02 Å². The Morgan fingerprint density at radius 3 is 2.56 bits per heavy atom. The third-order valence-corrected chi connectivity index (χ3v) is 3.33. The molecule has 0 spiro atoms. The average molecular weight is 270 g/mol. The van der Waals surface area contributed by atoms with E-state index in [1.165, 1.54) is 32.1 Å². The number of nitrogens with two attached hydrogens (primary N) is 1. The van der Waals surface area contributed by atoms with Gasteiger partial charge in [-0.2, -0.15) is 0 Å². The second-order valence-corrected chi connectivity index (χ2v) is 5.08. The van der Waals surface area contributed by atoms with E-state index in [2.05, 4.69) is 6.92 Å². The number of hydrogen-bond donors (Lipinski definition) is 1. The number of nitrogen functional groups attached to an aromatic ring is 1. The third-order valence-electron chi connectivity index (χ3n) is 2.98. The standard InChI is InChI=1S/C15H24ClNO/c1-2-3-4-5-6-7-10-18-12-13-8-9-14(17)11-15(13)16/h8-9,11H,2-7,10,12,17H2,1H3. The van der Waals surface area contributed by atoms with Crippen molar-refractivity contribution in [2.24, 2.45) is 0 Å². The second kappa shape index (κ2) is 9.23. The highest BCUT2D eigenvalue weighted by atomic mass is 35.5. The number of hydrogen-bond acceptors (Lipinski definition) is 2. The summed E-state index contributed by atoms with van der Waals surface area (Å²) in [4.78, 5) is 0. The van der Waals surface area contributed by atoms with Crippen LogP contribution in [0.15, 0.2) is 18.2 Å². The van der Waals surface area contributed by atoms with Gasteiger partial charge < -0.3 is 10.5 Å². The first-order chi connectivity index (χ1) is 8.74. The van der Waals surface area contributed by atoms with Crippen molar-refractivity contribution in [1.29, 1.82) is 0 Å². The number of ether oxygens (including phenoxy) is 1. The van der Waals surface area contributed by atoms with Crippen molar-refractivity contribution in [2.45, 2.75) is 52.1 Å². The Balaban J connectivity index is 2.07. The van der Waals surface area contributed by atoms with Gasteiger partial charge in [0.25, 0.3) is 0 Å². The quantitative estimate of drug-likeness (QED) is 0.516. The highest BCUT2D eigenvalue weighted by Gasteiger charge is 2.00. The van der Waals surface area contributed by atoms with Gasteiger partial charge in [-0.05, 0) is 24.1 Å².